The number of quaternary nitrogens is 2. The van der Waals surface area contributed by atoms with Crippen molar-refractivity contribution in [2.45, 2.75) is 13.0 Å². The van der Waals surface area contributed by atoms with Gasteiger partial charge >= 0.3 is 5.97 Å². The Hall–Kier alpha value is 0.350. The van der Waals surface area contributed by atoms with Crippen LogP contribution in [0.5, 0.6) is 0 Å². The Morgan fingerprint density at radius 1 is 1.36 bits per heavy atom. The lowest BCUT2D eigenvalue weighted by Gasteiger charge is -2.23. The van der Waals surface area contributed by atoms with Gasteiger partial charge in [-0.3, -0.25) is 0 Å². The highest BCUT2D eigenvalue weighted by molar-refractivity contribution is 5.73. The molecule has 0 aromatic carbocycles. The van der Waals surface area contributed by atoms with Crippen LogP contribution in [0.25, 0.3) is 0 Å². The number of esters is 1. The Bertz CT molecular complexity index is 158. The fourth-order valence-electron chi connectivity index (χ4n) is 0.562. The lowest BCUT2D eigenvalue weighted by Crippen LogP contribution is -3.00. The minimum Gasteiger partial charge on any atom is -1.00 e. The molecule has 0 bridgehead atoms. The van der Waals surface area contributed by atoms with Crippen LogP contribution < -0.4 is 39.7 Å². The quantitative estimate of drug-likeness (QED) is 0.410. The van der Waals surface area contributed by atoms with E-state index in [0.717, 1.165) is 11.0 Å². The minimum atomic E-state index is -0.266. The molecule has 0 fully saturated rings. The zero-order valence-corrected chi connectivity index (χ0v) is 12.4. The summed E-state index contributed by atoms with van der Waals surface area (Å²) in [6.45, 7) is 3.04. The monoisotopic (exact) mass is 334 g/mol. The summed E-state index contributed by atoms with van der Waals surface area (Å²) in [5.41, 5.74) is 3.57. The smallest absolute Gasteiger partial charge is 0.364 e. The molecule has 0 unspecified atom stereocenters. The standard InChI is InChI=1S/C8H19N2O2.2BrH/c1-7(9)8(11)12-6-5-10(2,3)4;;/h7H,5-6,9H2,1-4H3;2*1H/q+1;;/p-1/t7-;;/m0../s1. The average molecular weight is 336 g/mol. The van der Waals surface area contributed by atoms with Crippen LogP contribution in [0.1, 0.15) is 6.92 Å². The van der Waals surface area contributed by atoms with E-state index < -0.39 is 0 Å². The third-order valence-electron chi connectivity index (χ3n) is 1.41. The van der Waals surface area contributed by atoms with Crippen molar-refractivity contribution in [3.8, 4) is 0 Å². The first-order chi connectivity index (χ1) is 5.33. The van der Waals surface area contributed by atoms with Gasteiger partial charge in [-0.15, -0.1) is 0 Å². The van der Waals surface area contributed by atoms with Gasteiger partial charge in [0.1, 0.15) is 13.2 Å². The molecule has 0 aromatic heterocycles. The molecule has 88 valence electrons. The van der Waals surface area contributed by atoms with Crippen molar-refractivity contribution in [3.63, 3.8) is 0 Å². The van der Waals surface area contributed by atoms with Gasteiger partial charge in [0.05, 0.1) is 21.1 Å². The Kier molecular flexibility index (Phi) is 12.3. The molecule has 0 saturated heterocycles. The number of carbonyl (C=O) groups excluding carboxylic acids is 1. The molecule has 0 radical (unpaired) electrons. The summed E-state index contributed by atoms with van der Waals surface area (Å²) in [6.07, 6.45) is 0. The molecule has 0 saturated carbocycles. The van der Waals surface area contributed by atoms with Crippen molar-refractivity contribution in [1.29, 1.82) is 0 Å². The van der Waals surface area contributed by atoms with Crippen LogP contribution in [0.2, 0.25) is 0 Å². The zero-order valence-electron chi connectivity index (χ0n) is 9.22. The van der Waals surface area contributed by atoms with Gasteiger partial charge in [0.2, 0.25) is 0 Å². The fraction of sp³-hybridized carbons (Fsp3) is 0.875. The zero-order chi connectivity index (χ0) is 9.78. The van der Waals surface area contributed by atoms with Gasteiger partial charge in [0.15, 0.2) is 6.04 Å². The molecule has 0 aromatic rings. The Labute approximate surface area is 107 Å². The van der Waals surface area contributed by atoms with Gasteiger partial charge in [0, 0.05) is 0 Å². The van der Waals surface area contributed by atoms with E-state index in [9.17, 15) is 4.79 Å². The summed E-state index contributed by atoms with van der Waals surface area (Å²) in [7, 11) is 6.17. The van der Waals surface area contributed by atoms with Crippen molar-refractivity contribution in [2.24, 2.45) is 0 Å². The van der Waals surface area contributed by atoms with Crippen LogP contribution in [0, 0.1) is 0 Å². The van der Waals surface area contributed by atoms with Gasteiger partial charge in [-0.2, -0.15) is 0 Å². The number of hydrogen-bond donors (Lipinski definition) is 1. The van der Waals surface area contributed by atoms with E-state index in [-0.39, 0.29) is 46.0 Å². The summed E-state index contributed by atoms with van der Waals surface area (Å²) >= 11 is 0. The van der Waals surface area contributed by atoms with Crippen LogP contribution in [0.4, 0.5) is 0 Å². The molecule has 14 heavy (non-hydrogen) atoms. The fourth-order valence-corrected chi connectivity index (χ4v) is 0.562. The van der Waals surface area contributed by atoms with E-state index in [4.69, 9.17) is 4.74 Å². The Morgan fingerprint density at radius 3 is 2.07 bits per heavy atom. The predicted molar refractivity (Wildman–Crippen MR) is 46.2 cm³/mol. The highest BCUT2D eigenvalue weighted by Crippen LogP contribution is 1.90. The second-order valence-corrected chi connectivity index (χ2v) is 4.08. The van der Waals surface area contributed by atoms with Crippen molar-refractivity contribution in [1.82, 2.24) is 0 Å². The molecule has 0 heterocycles. The molecule has 0 aliphatic carbocycles. The topological polar surface area (TPSA) is 53.9 Å². The molecular weight excluding hydrogens is 316 g/mol. The summed E-state index contributed by atoms with van der Waals surface area (Å²) in [5.74, 6) is -0.219. The van der Waals surface area contributed by atoms with Crippen molar-refractivity contribution in [2.75, 3.05) is 34.3 Å². The Balaban J connectivity index is -0.000000605. The van der Waals surface area contributed by atoms with E-state index in [1.165, 1.54) is 0 Å². The van der Waals surface area contributed by atoms with Crippen molar-refractivity contribution in [3.05, 3.63) is 0 Å². The van der Waals surface area contributed by atoms with Crippen LogP contribution in [0.3, 0.4) is 0 Å². The summed E-state index contributed by atoms with van der Waals surface area (Å²) in [5, 5.41) is 0. The number of halogens is 2. The molecule has 1 atom stereocenters. The maximum absolute atomic E-state index is 10.9. The van der Waals surface area contributed by atoms with Crippen LogP contribution in [-0.2, 0) is 9.53 Å². The van der Waals surface area contributed by atoms with E-state index >= 15 is 0 Å². The molecule has 6 heteroatoms. The van der Waals surface area contributed by atoms with Crippen molar-refractivity contribution < 1.29 is 53.7 Å². The molecule has 0 amide bonds. The van der Waals surface area contributed by atoms with Crippen LogP contribution in [-0.4, -0.2) is 50.8 Å². The van der Waals surface area contributed by atoms with E-state index in [2.05, 4.69) is 26.9 Å². The summed E-state index contributed by atoms with van der Waals surface area (Å²) in [4.78, 5) is 10.9. The maximum Gasteiger partial charge on any atom is 0.364 e. The molecule has 4 nitrogen and oxygen atoms in total. The summed E-state index contributed by atoms with van der Waals surface area (Å²) in [6, 6.07) is -0.266. The number of likely N-dealkylation sites (N-methyl/N-ethyl adjacent to an activating group) is 1. The number of rotatable bonds is 4. The number of nitrogens with zero attached hydrogens (tertiary/aromatic N) is 1. The van der Waals surface area contributed by atoms with Gasteiger partial charge in [0.25, 0.3) is 0 Å². The first kappa shape index (κ1) is 19.9. The van der Waals surface area contributed by atoms with Crippen molar-refractivity contribution >= 4 is 5.97 Å². The number of carbonyl (C=O) groups is 1. The number of hydrogen-bond acceptors (Lipinski definition) is 2. The lowest BCUT2D eigenvalue weighted by atomic mass is 10.4. The second kappa shape index (κ2) is 8.64. The molecule has 3 N–H and O–H groups in total. The molecule has 0 aliphatic rings. The minimum absolute atomic E-state index is 0. The second-order valence-electron chi connectivity index (χ2n) is 4.08. The van der Waals surface area contributed by atoms with E-state index in [0.29, 0.717) is 6.61 Å². The van der Waals surface area contributed by atoms with Crippen LogP contribution in [0.15, 0.2) is 0 Å². The SMILES string of the molecule is C[C@H]([NH3+])C(=O)OCC[N+](C)(C)C.[Br-].[Br-]. The molecule has 0 rings (SSSR count). The lowest BCUT2D eigenvalue weighted by molar-refractivity contribution is -0.870. The van der Waals surface area contributed by atoms with Gasteiger partial charge < -0.3 is 48.9 Å². The molecule has 0 spiro atoms. The van der Waals surface area contributed by atoms with Crippen LogP contribution >= 0.6 is 0 Å². The highest BCUT2D eigenvalue weighted by Gasteiger charge is 2.14. The van der Waals surface area contributed by atoms with Gasteiger partial charge in [-0.1, -0.05) is 0 Å². The highest BCUT2D eigenvalue weighted by atomic mass is 79.9. The largest absolute Gasteiger partial charge is 1.00 e. The predicted octanol–water partition coefficient (Wildman–Crippen LogP) is -7.13. The number of ether oxygens (including phenoxy) is 1. The van der Waals surface area contributed by atoms with E-state index in [1.54, 1.807) is 6.92 Å². The Morgan fingerprint density at radius 2 is 1.79 bits per heavy atom. The average Bonchev–Trinajstić information content (AvgIpc) is 1.84. The normalized spacial score (nSPS) is 12.1. The van der Waals surface area contributed by atoms with E-state index in [1.807, 2.05) is 0 Å². The first-order valence-corrected chi connectivity index (χ1v) is 4.13. The molecular formula is C8H20Br2N2O2. The third kappa shape index (κ3) is 12.3. The third-order valence-corrected chi connectivity index (χ3v) is 1.41. The first-order valence-electron chi connectivity index (χ1n) is 4.13. The molecule has 0 aliphatic heterocycles. The summed E-state index contributed by atoms with van der Waals surface area (Å²) < 4.78 is 5.77. The van der Waals surface area contributed by atoms with Gasteiger partial charge in [-0.05, 0) is 6.92 Å². The van der Waals surface area contributed by atoms with Gasteiger partial charge in [-0.25, -0.2) is 4.79 Å². The maximum atomic E-state index is 10.9.